The first kappa shape index (κ1) is 15.2. The van der Waals surface area contributed by atoms with Crippen LogP contribution in [0.5, 0.6) is 0 Å². The lowest BCUT2D eigenvalue weighted by molar-refractivity contribution is -0.144. The lowest BCUT2D eigenvalue weighted by atomic mass is 9.94. The van der Waals surface area contributed by atoms with Gasteiger partial charge in [0.25, 0.3) is 0 Å². The van der Waals surface area contributed by atoms with Crippen molar-refractivity contribution in [2.45, 2.75) is 45.2 Å². The summed E-state index contributed by atoms with van der Waals surface area (Å²) in [7, 11) is 0. The standard InChI is InChI=1S/C14H20BrNO2/c1-4-8-14(3,13(17)18)16-10(2)11-6-5-7-12(15)9-11/h5-7,9-10,16H,4,8H2,1-3H3,(H,17,18). The molecule has 18 heavy (non-hydrogen) atoms. The van der Waals surface area contributed by atoms with Crippen LogP contribution in [0.3, 0.4) is 0 Å². The normalized spacial score (nSPS) is 16.0. The maximum Gasteiger partial charge on any atom is 0.323 e. The van der Waals surface area contributed by atoms with E-state index < -0.39 is 11.5 Å². The van der Waals surface area contributed by atoms with Crippen molar-refractivity contribution >= 4 is 21.9 Å². The minimum Gasteiger partial charge on any atom is -0.480 e. The molecule has 0 radical (unpaired) electrons. The van der Waals surface area contributed by atoms with Gasteiger partial charge in [-0.05, 0) is 38.0 Å². The van der Waals surface area contributed by atoms with Gasteiger partial charge in [0.2, 0.25) is 0 Å². The molecule has 1 aromatic carbocycles. The second kappa shape index (κ2) is 6.34. The van der Waals surface area contributed by atoms with Gasteiger partial charge in [0, 0.05) is 10.5 Å². The van der Waals surface area contributed by atoms with E-state index in [4.69, 9.17) is 0 Å². The first-order valence-electron chi connectivity index (χ1n) is 6.15. The monoisotopic (exact) mass is 313 g/mol. The van der Waals surface area contributed by atoms with Crippen LogP contribution in [-0.4, -0.2) is 16.6 Å². The number of aliphatic carboxylic acids is 1. The van der Waals surface area contributed by atoms with Crippen LogP contribution >= 0.6 is 15.9 Å². The van der Waals surface area contributed by atoms with Gasteiger partial charge in [0.15, 0.2) is 0 Å². The summed E-state index contributed by atoms with van der Waals surface area (Å²) in [5.41, 5.74) is 0.198. The number of rotatable bonds is 6. The van der Waals surface area contributed by atoms with E-state index in [0.717, 1.165) is 16.5 Å². The lowest BCUT2D eigenvalue weighted by Crippen LogP contribution is -2.50. The summed E-state index contributed by atoms with van der Waals surface area (Å²) in [5, 5.41) is 12.6. The molecule has 0 saturated carbocycles. The van der Waals surface area contributed by atoms with E-state index in [9.17, 15) is 9.90 Å². The molecule has 0 aliphatic carbocycles. The van der Waals surface area contributed by atoms with Crippen LogP contribution in [-0.2, 0) is 4.79 Å². The number of carboxylic acid groups (broad SMARTS) is 1. The van der Waals surface area contributed by atoms with Crippen molar-refractivity contribution < 1.29 is 9.90 Å². The Hall–Kier alpha value is -0.870. The summed E-state index contributed by atoms with van der Waals surface area (Å²) >= 11 is 3.43. The third-order valence-electron chi connectivity index (χ3n) is 3.11. The summed E-state index contributed by atoms with van der Waals surface area (Å²) in [5.74, 6) is -0.800. The molecule has 0 aliphatic rings. The SMILES string of the molecule is CCCC(C)(NC(C)c1cccc(Br)c1)C(=O)O. The highest BCUT2D eigenvalue weighted by molar-refractivity contribution is 9.10. The molecule has 100 valence electrons. The molecule has 0 heterocycles. The van der Waals surface area contributed by atoms with Crippen LogP contribution in [0.1, 0.15) is 45.2 Å². The van der Waals surface area contributed by atoms with Gasteiger partial charge in [-0.25, -0.2) is 0 Å². The van der Waals surface area contributed by atoms with Gasteiger partial charge in [0.05, 0.1) is 0 Å². The average Bonchev–Trinajstić information content (AvgIpc) is 2.29. The van der Waals surface area contributed by atoms with E-state index in [1.54, 1.807) is 6.92 Å². The van der Waals surface area contributed by atoms with Crippen molar-refractivity contribution in [3.63, 3.8) is 0 Å². The first-order chi connectivity index (χ1) is 8.39. The topological polar surface area (TPSA) is 49.3 Å². The molecule has 0 aliphatic heterocycles. The zero-order valence-electron chi connectivity index (χ0n) is 11.0. The van der Waals surface area contributed by atoms with Crippen LogP contribution in [0.2, 0.25) is 0 Å². The van der Waals surface area contributed by atoms with Gasteiger partial charge < -0.3 is 5.11 Å². The van der Waals surface area contributed by atoms with Crippen LogP contribution < -0.4 is 5.32 Å². The number of carboxylic acids is 1. The molecule has 2 atom stereocenters. The van der Waals surface area contributed by atoms with Crippen LogP contribution in [0.15, 0.2) is 28.7 Å². The summed E-state index contributed by atoms with van der Waals surface area (Å²) in [6.07, 6.45) is 1.45. The molecule has 0 aromatic heterocycles. The van der Waals surface area contributed by atoms with Gasteiger partial charge in [-0.15, -0.1) is 0 Å². The molecule has 0 saturated heterocycles. The van der Waals surface area contributed by atoms with Crippen LogP contribution in [0.25, 0.3) is 0 Å². The van der Waals surface area contributed by atoms with E-state index in [2.05, 4.69) is 21.2 Å². The van der Waals surface area contributed by atoms with Crippen molar-refractivity contribution in [2.75, 3.05) is 0 Å². The zero-order chi connectivity index (χ0) is 13.8. The number of hydrogen-bond donors (Lipinski definition) is 2. The fourth-order valence-electron chi connectivity index (χ4n) is 2.08. The van der Waals surface area contributed by atoms with E-state index in [1.807, 2.05) is 38.1 Å². The van der Waals surface area contributed by atoms with Gasteiger partial charge in [-0.3, -0.25) is 10.1 Å². The Morgan fingerprint density at radius 2 is 2.22 bits per heavy atom. The maximum absolute atomic E-state index is 11.4. The minimum atomic E-state index is -0.878. The average molecular weight is 314 g/mol. The molecule has 1 aromatic rings. The second-order valence-corrected chi connectivity index (χ2v) is 5.72. The molecule has 2 unspecified atom stereocenters. The molecular weight excluding hydrogens is 294 g/mol. The van der Waals surface area contributed by atoms with E-state index in [0.29, 0.717) is 6.42 Å². The molecule has 4 heteroatoms. The predicted molar refractivity (Wildman–Crippen MR) is 76.6 cm³/mol. The fourth-order valence-corrected chi connectivity index (χ4v) is 2.49. The fraction of sp³-hybridized carbons (Fsp3) is 0.500. The molecule has 3 nitrogen and oxygen atoms in total. The van der Waals surface area contributed by atoms with Gasteiger partial charge in [0.1, 0.15) is 5.54 Å². The minimum absolute atomic E-state index is 0.00449. The van der Waals surface area contributed by atoms with E-state index >= 15 is 0 Å². The zero-order valence-corrected chi connectivity index (χ0v) is 12.6. The number of hydrogen-bond acceptors (Lipinski definition) is 2. The Bertz CT molecular complexity index is 422. The Balaban J connectivity index is 2.85. The van der Waals surface area contributed by atoms with Gasteiger partial charge in [-0.1, -0.05) is 41.4 Å². The molecule has 2 N–H and O–H groups in total. The number of carbonyl (C=O) groups is 1. The highest BCUT2D eigenvalue weighted by atomic mass is 79.9. The van der Waals surface area contributed by atoms with Crippen molar-refractivity contribution in [1.29, 1.82) is 0 Å². The highest BCUT2D eigenvalue weighted by Crippen LogP contribution is 2.22. The Morgan fingerprint density at radius 3 is 2.72 bits per heavy atom. The Labute approximate surface area is 117 Å². The third kappa shape index (κ3) is 3.82. The maximum atomic E-state index is 11.4. The van der Waals surface area contributed by atoms with Crippen molar-refractivity contribution in [3.05, 3.63) is 34.3 Å². The molecule has 0 amide bonds. The smallest absolute Gasteiger partial charge is 0.323 e. The Morgan fingerprint density at radius 1 is 1.56 bits per heavy atom. The molecular formula is C14H20BrNO2. The van der Waals surface area contributed by atoms with E-state index in [-0.39, 0.29) is 6.04 Å². The molecule has 1 rings (SSSR count). The first-order valence-corrected chi connectivity index (χ1v) is 6.95. The summed E-state index contributed by atoms with van der Waals surface area (Å²) < 4.78 is 1.00. The second-order valence-electron chi connectivity index (χ2n) is 4.81. The summed E-state index contributed by atoms with van der Waals surface area (Å²) in [6, 6.07) is 7.91. The van der Waals surface area contributed by atoms with Gasteiger partial charge >= 0.3 is 5.97 Å². The van der Waals surface area contributed by atoms with Crippen LogP contribution in [0, 0.1) is 0 Å². The third-order valence-corrected chi connectivity index (χ3v) is 3.60. The van der Waals surface area contributed by atoms with E-state index in [1.165, 1.54) is 0 Å². The summed E-state index contributed by atoms with van der Waals surface area (Å²) in [6.45, 7) is 5.72. The van der Waals surface area contributed by atoms with Crippen molar-refractivity contribution in [3.8, 4) is 0 Å². The lowest BCUT2D eigenvalue weighted by Gasteiger charge is -2.30. The molecule has 0 spiro atoms. The summed E-state index contributed by atoms with van der Waals surface area (Å²) in [4.78, 5) is 11.4. The van der Waals surface area contributed by atoms with Crippen molar-refractivity contribution in [1.82, 2.24) is 5.32 Å². The largest absolute Gasteiger partial charge is 0.480 e. The highest BCUT2D eigenvalue weighted by Gasteiger charge is 2.33. The van der Waals surface area contributed by atoms with Gasteiger partial charge in [-0.2, -0.15) is 0 Å². The molecule has 0 bridgehead atoms. The molecule has 0 fully saturated rings. The Kier molecular flexibility index (Phi) is 5.35. The predicted octanol–water partition coefficient (Wildman–Crippen LogP) is 3.74. The van der Waals surface area contributed by atoms with Crippen LogP contribution in [0.4, 0.5) is 0 Å². The van der Waals surface area contributed by atoms with Crippen molar-refractivity contribution in [2.24, 2.45) is 0 Å². The number of nitrogens with one attached hydrogen (secondary N) is 1. The number of benzene rings is 1. The number of halogens is 1. The quantitative estimate of drug-likeness (QED) is 0.841.